The van der Waals surface area contributed by atoms with Crippen molar-refractivity contribution >= 4 is 41.7 Å². The zero-order valence-corrected chi connectivity index (χ0v) is 12.8. The standard InChI is InChI=1S/C12H16INSi/c1-9-5-6-12-10(7-9)11(13)8-14(12)15(2,3)4/h5-8H,1-4H3. The van der Waals surface area contributed by atoms with Crippen LogP contribution in [0.25, 0.3) is 10.9 Å². The van der Waals surface area contributed by atoms with E-state index >= 15 is 0 Å². The number of halogens is 1. The van der Waals surface area contributed by atoms with Crippen molar-refractivity contribution in [3.05, 3.63) is 33.5 Å². The Balaban J connectivity index is 2.79. The molecule has 0 atom stereocenters. The van der Waals surface area contributed by atoms with Crippen LogP contribution < -0.4 is 0 Å². The van der Waals surface area contributed by atoms with Gasteiger partial charge in [-0.25, -0.2) is 0 Å². The number of aromatic nitrogens is 1. The van der Waals surface area contributed by atoms with E-state index in [-0.39, 0.29) is 0 Å². The lowest BCUT2D eigenvalue weighted by molar-refractivity contribution is 1.20. The molecule has 3 heteroatoms. The van der Waals surface area contributed by atoms with Gasteiger partial charge in [0, 0.05) is 20.7 Å². The number of hydrogen-bond donors (Lipinski definition) is 0. The predicted octanol–water partition coefficient (Wildman–Crippen LogP) is 4.24. The van der Waals surface area contributed by atoms with Crippen molar-refractivity contribution in [1.29, 1.82) is 0 Å². The average molecular weight is 329 g/mol. The summed E-state index contributed by atoms with van der Waals surface area (Å²) < 4.78 is 3.86. The molecule has 80 valence electrons. The van der Waals surface area contributed by atoms with Crippen LogP contribution in [-0.2, 0) is 0 Å². The van der Waals surface area contributed by atoms with Gasteiger partial charge in [-0.05, 0) is 41.6 Å². The lowest BCUT2D eigenvalue weighted by atomic mass is 10.2. The van der Waals surface area contributed by atoms with Crippen LogP contribution in [0, 0.1) is 10.5 Å². The van der Waals surface area contributed by atoms with Crippen molar-refractivity contribution in [3.8, 4) is 0 Å². The summed E-state index contributed by atoms with van der Waals surface area (Å²) in [6.07, 6.45) is 2.30. The fourth-order valence-corrected chi connectivity index (χ4v) is 4.27. The number of aryl methyl sites for hydroxylation is 1. The van der Waals surface area contributed by atoms with Crippen LogP contribution >= 0.6 is 22.6 Å². The maximum atomic E-state index is 2.49. The van der Waals surface area contributed by atoms with Crippen molar-refractivity contribution in [2.45, 2.75) is 26.6 Å². The molecule has 0 fully saturated rings. The molecule has 2 aromatic rings. The maximum Gasteiger partial charge on any atom is 0.152 e. The van der Waals surface area contributed by atoms with Crippen molar-refractivity contribution in [2.75, 3.05) is 0 Å². The minimum absolute atomic E-state index is 1.28. The Bertz CT molecular complexity index is 508. The Labute approximate surface area is 106 Å². The molecule has 0 aliphatic rings. The zero-order chi connectivity index (χ0) is 11.2. The highest BCUT2D eigenvalue weighted by atomic mass is 127. The molecule has 2 rings (SSSR count). The summed E-state index contributed by atoms with van der Waals surface area (Å²) in [5.74, 6) is 0. The quantitative estimate of drug-likeness (QED) is 0.545. The van der Waals surface area contributed by atoms with E-state index in [2.05, 4.69) is 77.8 Å². The van der Waals surface area contributed by atoms with E-state index < -0.39 is 8.24 Å². The van der Waals surface area contributed by atoms with Gasteiger partial charge in [0.1, 0.15) is 0 Å². The molecule has 0 bridgehead atoms. The smallest absolute Gasteiger partial charge is 0.152 e. The molecule has 0 aliphatic carbocycles. The van der Waals surface area contributed by atoms with Gasteiger partial charge in [0.25, 0.3) is 0 Å². The van der Waals surface area contributed by atoms with Crippen LogP contribution in [0.2, 0.25) is 19.6 Å². The first-order valence-electron chi connectivity index (χ1n) is 5.17. The molecule has 1 heterocycles. The molecule has 1 aromatic carbocycles. The third-order valence-corrected chi connectivity index (χ3v) is 5.31. The Kier molecular flexibility index (Phi) is 2.71. The van der Waals surface area contributed by atoms with Gasteiger partial charge in [0.05, 0.1) is 0 Å². The van der Waals surface area contributed by atoms with E-state index in [1.165, 1.54) is 20.0 Å². The van der Waals surface area contributed by atoms with Gasteiger partial charge in [-0.2, -0.15) is 0 Å². The Hall–Kier alpha value is -0.293. The molecule has 1 aromatic heterocycles. The van der Waals surface area contributed by atoms with E-state index in [9.17, 15) is 0 Å². The highest BCUT2D eigenvalue weighted by molar-refractivity contribution is 14.1. The van der Waals surface area contributed by atoms with Gasteiger partial charge in [-0.15, -0.1) is 0 Å². The molecule has 0 radical (unpaired) electrons. The molecule has 0 amide bonds. The molecule has 0 N–H and O–H groups in total. The molecular formula is C12H16INSi. The summed E-state index contributed by atoms with van der Waals surface area (Å²) in [6.45, 7) is 9.29. The summed E-state index contributed by atoms with van der Waals surface area (Å²) in [4.78, 5) is 0. The number of fused-ring (bicyclic) bond motifs is 1. The normalized spacial score (nSPS) is 12.3. The van der Waals surface area contributed by atoms with Crippen molar-refractivity contribution in [3.63, 3.8) is 0 Å². The summed E-state index contributed by atoms with van der Waals surface area (Å²) in [5, 5.41) is 1.40. The van der Waals surface area contributed by atoms with E-state index in [1.807, 2.05) is 0 Å². The predicted molar refractivity (Wildman–Crippen MR) is 78.1 cm³/mol. The van der Waals surface area contributed by atoms with Gasteiger partial charge in [-0.1, -0.05) is 31.3 Å². The van der Waals surface area contributed by atoms with Gasteiger partial charge in [0.15, 0.2) is 8.24 Å². The highest BCUT2D eigenvalue weighted by Gasteiger charge is 2.19. The highest BCUT2D eigenvalue weighted by Crippen LogP contribution is 2.26. The number of benzene rings is 1. The van der Waals surface area contributed by atoms with Crippen LogP contribution in [0.4, 0.5) is 0 Å². The molecule has 15 heavy (non-hydrogen) atoms. The molecular weight excluding hydrogens is 313 g/mol. The van der Waals surface area contributed by atoms with Crippen molar-refractivity contribution in [2.24, 2.45) is 0 Å². The van der Waals surface area contributed by atoms with Gasteiger partial charge in [0.2, 0.25) is 0 Å². The lowest BCUT2D eigenvalue weighted by Crippen LogP contribution is -2.30. The Morgan fingerprint density at radius 2 is 1.87 bits per heavy atom. The minimum Gasteiger partial charge on any atom is -0.374 e. The second-order valence-corrected chi connectivity index (χ2v) is 11.0. The third-order valence-electron chi connectivity index (χ3n) is 2.63. The van der Waals surface area contributed by atoms with Gasteiger partial charge < -0.3 is 4.23 Å². The first-order chi connectivity index (χ1) is 6.89. The zero-order valence-electron chi connectivity index (χ0n) is 9.63. The SMILES string of the molecule is Cc1ccc2c(c1)c(I)cn2[Si](C)(C)C. The molecule has 0 spiro atoms. The Morgan fingerprint density at radius 3 is 2.47 bits per heavy atom. The summed E-state index contributed by atoms with van der Waals surface area (Å²) in [5.41, 5.74) is 2.73. The first kappa shape index (κ1) is 11.2. The monoisotopic (exact) mass is 329 g/mol. The largest absolute Gasteiger partial charge is 0.374 e. The van der Waals surface area contributed by atoms with E-state index in [0.717, 1.165) is 0 Å². The third kappa shape index (κ3) is 1.99. The summed E-state index contributed by atoms with van der Waals surface area (Å²) in [7, 11) is -1.28. The molecule has 0 unspecified atom stereocenters. The average Bonchev–Trinajstić information content (AvgIpc) is 2.43. The summed E-state index contributed by atoms with van der Waals surface area (Å²) >= 11 is 2.44. The van der Waals surface area contributed by atoms with E-state index in [1.54, 1.807) is 0 Å². The molecule has 0 saturated heterocycles. The molecule has 1 nitrogen and oxygen atoms in total. The number of rotatable bonds is 1. The summed E-state index contributed by atoms with van der Waals surface area (Å²) in [6, 6.07) is 6.74. The van der Waals surface area contributed by atoms with Crippen LogP contribution in [0.5, 0.6) is 0 Å². The fourth-order valence-electron chi connectivity index (χ4n) is 1.86. The van der Waals surface area contributed by atoms with E-state index in [4.69, 9.17) is 0 Å². The van der Waals surface area contributed by atoms with Crippen LogP contribution in [0.3, 0.4) is 0 Å². The van der Waals surface area contributed by atoms with Gasteiger partial charge >= 0.3 is 0 Å². The number of nitrogens with zero attached hydrogens (tertiary/aromatic N) is 1. The molecule has 0 saturated carbocycles. The van der Waals surface area contributed by atoms with Crippen molar-refractivity contribution in [1.82, 2.24) is 4.23 Å². The maximum absolute atomic E-state index is 2.49. The fraction of sp³-hybridized carbons (Fsp3) is 0.333. The van der Waals surface area contributed by atoms with Crippen LogP contribution in [0.15, 0.2) is 24.4 Å². The minimum atomic E-state index is -1.28. The second kappa shape index (κ2) is 3.63. The van der Waals surface area contributed by atoms with E-state index in [0.29, 0.717) is 0 Å². The Morgan fingerprint density at radius 1 is 1.20 bits per heavy atom. The molecule has 0 aliphatic heterocycles. The first-order valence-corrected chi connectivity index (χ1v) is 9.70. The van der Waals surface area contributed by atoms with Crippen LogP contribution in [-0.4, -0.2) is 12.5 Å². The van der Waals surface area contributed by atoms with Crippen molar-refractivity contribution < 1.29 is 0 Å². The second-order valence-electron chi connectivity index (χ2n) is 5.04. The van der Waals surface area contributed by atoms with Gasteiger partial charge in [-0.3, -0.25) is 0 Å². The number of hydrogen-bond acceptors (Lipinski definition) is 0. The lowest BCUT2D eigenvalue weighted by Gasteiger charge is -2.19. The topological polar surface area (TPSA) is 4.93 Å². The van der Waals surface area contributed by atoms with Crippen LogP contribution in [0.1, 0.15) is 5.56 Å².